The van der Waals surface area contributed by atoms with Crippen molar-refractivity contribution < 1.29 is 28.1 Å². The molecule has 0 aliphatic carbocycles. The van der Waals surface area contributed by atoms with Crippen molar-refractivity contribution in [3.05, 3.63) is 45.4 Å². The van der Waals surface area contributed by atoms with Gasteiger partial charge in [0, 0.05) is 18.3 Å². The summed E-state index contributed by atoms with van der Waals surface area (Å²) in [5, 5.41) is 19.7. The van der Waals surface area contributed by atoms with Crippen molar-refractivity contribution in [3.8, 4) is 0 Å². The lowest BCUT2D eigenvalue weighted by Gasteiger charge is -2.24. The Balaban J connectivity index is 1.88. The predicted molar refractivity (Wildman–Crippen MR) is 86.3 cm³/mol. The second kappa shape index (κ2) is 6.60. The highest BCUT2D eigenvalue weighted by Crippen LogP contribution is 2.24. The number of oxime groups is 1. The number of hydrogen-bond acceptors (Lipinski definition) is 7. The van der Waals surface area contributed by atoms with Gasteiger partial charge in [-0.05, 0) is 44.7 Å². The van der Waals surface area contributed by atoms with Crippen LogP contribution in [0.15, 0.2) is 32.5 Å². The summed E-state index contributed by atoms with van der Waals surface area (Å²) in [5.41, 5.74) is -5.19. The molecule has 1 saturated heterocycles. The Morgan fingerprint density at radius 2 is 2.25 bits per heavy atom. The second-order valence-electron chi connectivity index (χ2n) is 5.03. The van der Waals surface area contributed by atoms with Gasteiger partial charge in [0.15, 0.2) is 15.5 Å². The van der Waals surface area contributed by atoms with Gasteiger partial charge in [0.05, 0.1) is 15.9 Å². The van der Waals surface area contributed by atoms with Gasteiger partial charge in [-0.2, -0.15) is 0 Å². The van der Waals surface area contributed by atoms with Gasteiger partial charge in [-0.15, -0.1) is 0 Å². The van der Waals surface area contributed by atoms with Gasteiger partial charge < -0.3 is 5.21 Å². The van der Waals surface area contributed by atoms with Crippen LogP contribution in [0.5, 0.6) is 0 Å². The predicted octanol–water partition coefficient (Wildman–Crippen LogP) is 1.98. The van der Waals surface area contributed by atoms with Crippen molar-refractivity contribution in [2.24, 2.45) is 11.1 Å². The van der Waals surface area contributed by atoms with Crippen molar-refractivity contribution in [3.63, 3.8) is 0 Å². The molecule has 3 rings (SSSR count). The molecule has 1 aromatic carbocycles. The van der Waals surface area contributed by atoms with Gasteiger partial charge in [-0.1, -0.05) is 16.4 Å². The molecule has 2 heterocycles. The third-order valence-corrected chi connectivity index (χ3v) is 5.10. The third kappa shape index (κ3) is 3.64. The summed E-state index contributed by atoms with van der Waals surface area (Å²) < 4.78 is 72.5. The van der Waals surface area contributed by atoms with Crippen molar-refractivity contribution in [1.82, 2.24) is 10.3 Å². The zero-order valence-corrected chi connectivity index (χ0v) is 14.3. The summed E-state index contributed by atoms with van der Waals surface area (Å²) >= 11 is 3.04. The molecule has 0 radical (unpaired) electrons. The molecule has 1 N–H and O–H groups in total. The molecule has 0 atom stereocenters. The molecule has 2 aromatic rings. The lowest BCUT2D eigenvalue weighted by Crippen LogP contribution is -2.37. The Labute approximate surface area is 151 Å². The van der Waals surface area contributed by atoms with E-state index in [4.69, 9.17) is 5.48 Å². The summed E-state index contributed by atoms with van der Waals surface area (Å²) in [6, 6.07) is 4.12. The van der Waals surface area contributed by atoms with Crippen LogP contribution in [0, 0.1) is 11.7 Å². The SMILES string of the molecule is [2H]C1([2H])C(Cc2nonc2C(Cc2ccc(F)c(Br)c2)=NO)C([2H])([2H])S1(=O)=O. The number of benzene rings is 1. The van der Waals surface area contributed by atoms with Crippen molar-refractivity contribution >= 4 is 31.5 Å². The first kappa shape index (κ1) is 12.5. The van der Waals surface area contributed by atoms with Gasteiger partial charge in [0.2, 0.25) is 0 Å². The van der Waals surface area contributed by atoms with E-state index in [1.807, 2.05) is 0 Å². The van der Waals surface area contributed by atoms with Crippen LogP contribution in [-0.2, 0) is 22.7 Å². The maximum atomic E-state index is 13.4. The lowest BCUT2D eigenvalue weighted by molar-refractivity contribution is 0.299. The van der Waals surface area contributed by atoms with Gasteiger partial charge in [0.1, 0.15) is 17.2 Å². The Kier molecular flexibility index (Phi) is 3.45. The van der Waals surface area contributed by atoms with E-state index >= 15 is 0 Å². The lowest BCUT2D eigenvalue weighted by atomic mass is 10.0. The zero-order chi connectivity index (χ0) is 20.9. The van der Waals surface area contributed by atoms with Crippen LogP contribution in [-0.4, -0.2) is 41.1 Å². The maximum Gasteiger partial charge on any atom is 0.156 e. The van der Waals surface area contributed by atoms with E-state index < -0.39 is 39.4 Å². The molecule has 1 aromatic heterocycles. The molecular weight excluding hydrogens is 405 g/mol. The first-order valence-electron chi connectivity index (χ1n) is 8.64. The highest BCUT2D eigenvalue weighted by atomic mass is 79.9. The normalized spacial score (nSPS) is 24.3. The fourth-order valence-electron chi connectivity index (χ4n) is 2.22. The molecule has 0 amide bonds. The number of halogens is 2. The minimum Gasteiger partial charge on any atom is -0.411 e. The summed E-state index contributed by atoms with van der Waals surface area (Å²) in [4.78, 5) is 0. The number of aromatic nitrogens is 2. The Bertz CT molecular complexity index is 1040. The van der Waals surface area contributed by atoms with Gasteiger partial charge in [0.25, 0.3) is 0 Å². The maximum absolute atomic E-state index is 13.4. The fraction of sp³-hybridized carbons (Fsp3) is 0.357. The summed E-state index contributed by atoms with van der Waals surface area (Å²) in [6.45, 7) is 0. The highest BCUT2D eigenvalue weighted by Gasteiger charge is 2.35. The quantitative estimate of drug-likeness (QED) is 0.449. The topological polar surface area (TPSA) is 106 Å². The van der Waals surface area contributed by atoms with Crippen molar-refractivity contribution in [1.29, 1.82) is 0 Å². The molecule has 0 bridgehead atoms. The van der Waals surface area contributed by atoms with Gasteiger partial charge >= 0.3 is 0 Å². The number of rotatable bonds is 5. The van der Waals surface area contributed by atoms with E-state index in [1.54, 1.807) is 0 Å². The largest absolute Gasteiger partial charge is 0.411 e. The summed E-state index contributed by atoms with van der Waals surface area (Å²) in [6.07, 6.45) is -0.455. The minimum absolute atomic E-state index is 0.0145. The van der Waals surface area contributed by atoms with Crippen LogP contribution in [0.1, 0.15) is 22.4 Å². The number of sulfone groups is 1. The first-order chi connectivity index (χ1) is 12.9. The van der Waals surface area contributed by atoms with E-state index in [0.29, 0.717) is 5.56 Å². The highest BCUT2D eigenvalue weighted by molar-refractivity contribution is 9.10. The molecule has 1 fully saturated rings. The molecule has 7 nitrogen and oxygen atoms in total. The van der Waals surface area contributed by atoms with E-state index in [1.165, 1.54) is 18.2 Å². The molecule has 1 aliphatic heterocycles. The molecule has 128 valence electrons. The van der Waals surface area contributed by atoms with Crippen LogP contribution < -0.4 is 0 Å². The van der Waals surface area contributed by atoms with Gasteiger partial charge in [-0.25, -0.2) is 17.4 Å². The Hall–Kier alpha value is -1.81. The van der Waals surface area contributed by atoms with E-state index in [-0.39, 0.29) is 28.0 Å². The van der Waals surface area contributed by atoms with E-state index in [0.717, 1.165) is 0 Å². The van der Waals surface area contributed by atoms with Crippen LogP contribution in [0.25, 0.3) is 0 Å². The fourth-order valence-corrected chi connectivity index (χ4v) is 3.56. The zero-order valence-electron chi connectivity index (χ0n) is 15.9. The standard InChI is InChI=1S/C14H13BrFN3O4S/c15-10-3-8(1-2-11(10)16)4-12(17-20)14-13(18-23-19-14)5-9-6-24(21,22)7-9/h1-3,9,20H,4-7H2/i6D2,7D2. The molecule has 0 unspecified atom stereocenters. The molecule has 0 saturated carbocycles. The first-order valence-corrected chi connectivity index (χ1v) is 8.92. The van der Waals surface area contributed by atoms with Crippen LogP contribution >= 0.6 is 15.9 Å². The molecule has 24 heavy (non-hydrogen) atoms. The monoisotopic (exact) mass is 421 g/mol. The molecule has 1 aliphatic rings. The Morgan fingerprint density at radius 3 is 2.92 bits per heavy atom. The van der Waals surface area contributed by atoms with E-state index in [9.17, 15) is 18.0 Å². The van der Waals surface area contributed by atoms with Gasteiger partial charge in [-0.3, -0.25) is 0 Å². The average molecular weight is 422 g/mol. The smallest absolute Gasteiger partial charge is 0.156 e. The van der Waals surface area contributed by atoms with Crippen LogP contribution in [0.2, 0.25) is 0 Å². The van der Waals surface area contributed by atoms with Crippen LogP contribution in [0.4, 0.5) is 4.39 Å². The summed E-state index contributed by atoms with van der Waals surface area (Å²) in [7, 11) is -4.62. The number of nitrogens with zero attached hydrogens (tertiary/aromatic N) is 3. The van der Waals surface area contributed by atoms with Crippen molar-refractivity contribution in [2.75, 3.05) is 11.4 Å². The molecular formula is C14H13BrFN3O4S. The summed E-state index contributed by atoms with van der Waals surface area (Å²) in [5.74, 6) is -2.03. The average Bonchev–Trinajstić information content (AvgIpc) is 3.08. The van der Waals surface area contributed by atoms with Crippen molar-refractivity contribution in [2.45, 2.75) is 12.8 Å². The second-order valence-corrected chi connectivity index (χ2v) is 7.36. The van der Waals surface area contributed by atoms with Crippen LogP contribution in [0.3, 0.4) is 0 Å². The minimum atomic E-state index is -4.62. The molecule has 10 heteroatoms. The number of hydrogen-bond donors (Lipinski definition) is 1. The van der Waals surface area contributed by atoms with E-state index in [2.05, 4.69) is 36.0 Å². The Morgan fingerprint density at radius 1 is 1.50 bits per heavy atom. The molecule has 0 spiro atoms. The third-order valence-electron chi connectivity index (χ3n) is 3.30.